The summed E-state index contributed by atoms with van der Waals surface area (Å²) in [6, 6.07) is 20.2. The predicted molar refractivity (Wildman–Crippen MR) is 184 cm³/mol. The SMILES string of the molecule is CC(C)c1ccc(-c2cc(C(F)(F)F)n3nc(C(=O)N4N=C5/C(=C\c6ccc7c(c6)OCO7)CCC[C@H]5[C@H]4c4ccc5c(c4)OCO5)cc3n2)cc1. The molecule has 0 saturated heterocycles. The van der Waals surface area contributed by atoms with E-state index >= 15 is 0 Å². The van der Waals surface area contributed by atoms with Crippen LogP contribution in [0.2, 0.25) is 0 Å². The molecule has 5 heterocycles. The maximum absolute atomic E-state index is 14.5. The Bertz CT molecular complexity index is 2310. The monoisotopic (exact) mass is 707 g/mol. The molecule has 1 aliphatic carbocycles. The largest absolute Gasteiger partial charge is 0.454 e. The zero-order valence-electron chi connectivity index (χ0n) is 28.2. The Morgan fingerprint density at radius 2 is 1.60 bits per heavy atom. The molecular weight excluding hydrogens is 675 g/mol. The van der Waals surface area contributed by atoms with Gasteiger partial charge in [-0.1, -0.05) is 50.2 Å². The van der Waals surface area contributed by atoms with Crippen LogP contribution in [0.4, 0.5) is 13.2 Å². The Kier molecular flexibility index (Phi) is 7.49. The molecule has 1 amide bonds. The second kappa shape index (κ2) is 12.1. The predicted octanol–water partition coefficient (Wildman–Crippen LogP) is 8.43. The molecule has 52 heavy (non-hydrogen) atoms. The van der Waals surface area contributed by atoms with Crippen molar-refractivity contribution in [2.75, 3.05) is 13.6 Å². The van der Waals surface area contributed by atoms with Crippen molar-refractivity contribution in [3.63, 3.8) is 0 Å². The van der Waals surface area contributed by atoms with E-state index in [-0.39, 0.29) is 42.5 Å². The number of allylic oxidation sites excluding steroid dienone is 1. The first kappa shape index (κ1) is 32.1. The molecule has 2 atom stereocenters. The first-order valence-electron chi connectivity index (χ1n) is 17.1. The lowest BCUT2D eigenvalue weighted by molar-refractivity contribution is -0.142. The van der Waals surface area contributed by atoms with Crippen LogP contribution in [-0.2, 0) is 6.18 Å². The molecule has 3 aliphatic heterocycles. The van der Waals surface area contributed by atoms with E-state index in [0.717, 1.165) is 53.3 Å². The maximum atomic E-state index is 14.5. The summed E-state index contributed by atoms with van der Waals surface area (Å²) in [5.41, 5.74) is 3.70. The van der Waals surface area contributed by atoms with Crippen LogP contribution < -0.4 is 18.9 Å². The minimum atomic E-state index is -4.77. The average molecular weight is 708 g/mol. The number of aromatic nitrogens is 3. The summed E-state index contributed by atoms with van der Waals surface area (Å²) in [6.07, 6.45) is -0.418. The number of alkyl halides is 3. The minimum absolute atomic E-state index is 0.0827. The fraction of sp³-hybridized carbons (Fsp3) is 0.282. The van der Waals surface area contributed by atoms with E-state index in [0.29, 0.717) is 33.1 Å². The van der Waals surface area contributed by atoms with Gasteiger partial charge in [-0.2, -0.15) is 23.4 Å². The Morgan fingerprint density at radius 1 is 0.885 bits per heavy atom. The molecule has 264 valence electrons. The van der Waals surface area contributed by atoms with Crippen LogP contribution >= 0.6 is 0 Å². The van der Waals surface area contributed by atoms with Crippen molar-refractivity contribution in [2.45, 2.75) is 51.2 Å². The molecule has 1 fully saturated rings. The van der Waals surface area contributed by atoms with E-state index in [9.17, 15) is 18.0 Å². The molecular formula is C39H32F3N5O5. The lowest BCUT2D eigenvalue weighted by atomic mass is 9.77. The Balaban J connectivity index is 1.13. The number of ether oxygens (including phenoxy) is 4. The molecule has 0 N–H and O–H groups in total. The maximum Gasteiger partial charge on any atom is 0.433 e. The number of carbonyl (C=O) groups is 1. The highest BCUT2D eigenvalue weighted by Crippen LogP contribution is 2.47. The van der Waals surface area contributed by atoms with Gasteiger partial charge in [-0.25, -0.2) is 14.5 Å². The number of hydrogen-bond donors (Lipinski definition) is 0. The third-order valence-corrected chi connectivity index (χ3v) is 10.00. The molecule has 10 nitrogen and oxygen atoms in total. The van der Waals surface area contributed by atoms with E-state index in [1.54, 1.807) is 18.2 Å². The fourth-order valence-electron chi connectivity index (χ4n) is 7.39. The molecule has 2 aromatic heterocycles. The Hall–Kier alpha value is -5.85. The summed E-state index contributed by atoms with van der Waals surface area (Å²) in [7, 11) is 0. The quantitative estimate of drug-likeness (QED) is 0.181. The summed E-state index contributed by atoms with van der Waals surface area (Å²) < 4.78 is 66.6. The van der Waals surface area contributed by atoms with Crippen LogP contribution in [0.1, 0.15) is 77.9 Å². The van der Waals surface area contributed by atoms with Gasteiger partial charge in [0.15, 0.2) is 40.0 Å². The number of halogens is 3. The number of carbonyl (C=O) groups excluding carboxylic acids is 1. The minimum Gasteiger partial charge on any atom is -0.454 e. The number of rotatable bonds is 5. The first-order valence-corrected chi connectivity index (χ1v) is 17.1. The number of hydrogen-bond acceptors (Lipinski definition) is 8. The molecule has 0 unspecified atom stereocenters. The van der Waals surface area contributed by atoms with Crippen molar-refractivity contribution < 1.29 is 36.9 Å². The number of benzene rings is 3. The van der Waals surface area contributed by atoms with Gasteiger partial charge in [0, 0.05) is 17.5 Å². The fourth-order valence-corrected chi connectivity index (χ4v) is 7.39. The average Bonchev–Trinajstić information content (AvgIpc) is 3.95. The van der Waals surface area contributed by atoms with Crippen molar-refractivity contribution in [3.8, 4) is 34.3 Å². The number of amides is 1. The van der Waals surface area contributed by atoms with E-state index < -0.39 is 23.8 Å². The summed E-state index contributed by atoms with van der Waals surface area (Å²) in [6.45, 7) is 4.33. The van der Waals surface area contributed by atoms with Crippen LogP contribution in [0.25, 0.3) is 23.0 Å². The summed E-state index contributed by atoms with van der Waals surface area (Å²) in [5.74, 6) is 1.88. The second-order valence-corrected chi connectivity index (χ2v) is 13.6. The van der Waals surface area contributed by atoms with Crippen LogP contribution in [0, 0.1) is 5.92 Å². The van der Waals surface area contributed by atoms with Crippen LogP contribution in [0.5, 0.6) is 23.0 Å². The highest BCUT2D eigenvalue weighted by atomic mass is 19.4. The lowest BCUT2D eigenvalue weighted by Gasteiger charge is -2.29. The Labute approximate surface area is 296 Å². The molecule has 0 bridgehead atoms. The molecule has 4 aliphatic rings. The third-order valence-electron chi connectivity index (χ3n) is 10.00. The smallest absolute Gasteiger partial charge is 0.433 e. The van der Waals surface area contributed by atoms with E-state index in [4.69, 9.17) is 24.0 Å². The van der Waals surface area contributed by atoms with Gasteiger partial charge in [0.2, 0.25) is 13.6 Å². The van der Waals surface area contributed by atoms with Crippen molar-refractivity contribution in [1.82, 2.24) is 19.6 Å². The van der Waals surface area contributed by atoms with Crippen molar-refractivity contribution >= 4 is 23.3 Å². The van der Waals surface area contributed by atoms with Crippen molar-refractivity contribution in [2.24, 2.45) is 11.0 Å². The summed E-state index contributed by atoms with van der Waals surface area (Å²) in [5, 5.41) is 10.5. The standard InChI is InChI=1S/C39H32F3N5O5/c1-21(2)23-7-9-24(10-8-23)28-17-34(39(40,41)42)46-35(43-28)18-29(44-46)38(48)47-37(26-11-13-31-33(16-26)52-20-50-31)27-5-3-4-25(36(27)45-47)14-22-6-12-30-32(15-22)51-19-49-30/h6-18,21,27,37H,3-5,19-20H2,1-2H3/b25-14-/t27-,37-/m1/s1. The summed E-state index contributed by atoms with van der Waals surface area (Å²) in [4.78, 5) is 19.0. The second-order valence-electron chi connectivity index (χ2n) is 13.6. The van der Waals surface area contributed by atoms with Gasteiger partial charge in [-0.15, -0.1) is 0 Å². The van der Waals surface area contributed by atoms with Crippen molar-refractivity contribution in [1.29, 1.82) is 0 Å². The molecule has 0 radical (unpaired) electrons. The Morgan fingerprint density at radius 3 is 2.33 bits per heavy atom. The third kappa shape index (κ3) is 5.51. The zero-order chi connectivity index (χ0) is 35.7. The normalized spacial score (nSPS) is 19.8. The molecule has 0 spiro atoms. The van der Waals surface area contributed by atoms with E-state index in [1.165, 1.54) is 11.1 Å². The van der Waals surface area contributed by atoms with Gasteiger partial charge in [-0.3, -0.25) is 4.79 Å². The number of hydrazone groups is 1. The number of nitrogens with zero attached hydrogens (tertiary/aromatic N) is 5. The first-order chi connectivity index (χ1) is 25.1. The lowest BCUT2D eigenvalue weighted by Crippen LogP contribution is -2.32. The van der Waals surface area contributed by atoms with Gasteiger partial charge in [-0.05, 0) is 83.9 Å². The molecule has 3 aromatic carbocycles. The van der Waals surface area contributed by atoms with E-state index in [2.05, 4.69) is 10.1 Å². The van der Waals surface area contributed by atoms with Gasteiger partial charge in [0.05, 0.1) is 17.4 Å². The molecule has 9 rings (SSSR count). The van der Waals surface area contributed by atoms with E-state index in [1.807, 2.05) is 62.4 Å². The molecule has 1 saturated carbocycles. The summed E-state index contributed by atoms with van der Waals surface area (Å²) >= 11 is 0. The van der Waals surface area contributed by atoms with Gasteiger partial charge in [0.1, 0.15) is 0 Å². The molecule has 5 aromatic rings. The highest BCUT2D eigenvalue weighted by Gasteiger charge is 2.45. The topological polar surface area (TPSA) is 99.8 Å². The highest BCUT2D eigenvalue weighted by molar-refractivity contribution is 6.09. The van der Waals surface area contributed by atoms with Crippen LogP contribution in [0.15, 0.2) is 83.5 Å². The molecule has 13 heteroatoms. The van der Waals surface area contributed by atoms with Gasteiger partial charge in [0.25, 0.3) is 5.91 Å². The van der Waals surface area contributed by atoms with Crippen molar-refractivity contribution in [3.05, 3.63) is 106 Å². The number of fused-ring (bicyclic) bond motifs is 4. The van der Waals surface area contributed by atoms with Gasteiger partial charge >= 0.3 is 6.18 Å². The van der Waals surface area contributed by atoms with Gasteiger partial charge < -0.3 is 18.9 Å². The van der Waals surface area contributed by atoms with Crippen LogP contribution in [0.3, 0.4) is 0 Å². The zero-order valence-corrected chi connectivity index (χ0v) is 28.2. The van der Waals surface area contributed by atoms with Crippen LogP contribution in [-0.4, -0.2) is 44.8 Å².